The van der Waals surface area contributed by atoms with Crippen molar-refractivity contribution in [3.8, 4) is 0 Å². The standard InChI is InChI=1S/C12H17BrN4O/c1-8(2)18-7-9(3)15-11-4-5-17-12(16-11)10(13)6-14-17/h4-6,8-9H,7H2,1-3H3,(H,15,16)/t9-/m0/s1. The lowest BCUT2D eigenvalue weighted by atomic mass is 10.3. The summed E-state index contributed by atoms with van der Waals surface area (Å²) >= 11 is 3.42. The zero-order valence-electron chi connectivity index (χ0n) is 10.7. The molecule has 18 heavy (non-hydrogen) atoms. The summed E-state index contributed by atoms with van der Waals surface area (Å²) in [4.78, 5) is 4.49. The second-order valence-corrected chi connectivity index (χ2v) is 5.36. The molecule has 0 saturated carbocycles. The first kappa shape index (κ1) is 13.3. The number of nitrogens with one attached hydrogen (secondary N) is 1. The molecule has 2 rings (SSSR count). The molecule has 2 aromatic heterocycles. The second kappa shape index (κ2) is 5.67. The molecule has 1 atom stereocenters. The summed E-state index contributed by atoms with van der Waals surface area (Å²) < 4.78 is 8.17. The third-order valence-electron chi connectivity index (χ3n) is 2.40. The van der Waals surface area contributed by atoms with Crippen LogP contribution >= 0.6 is 15.9 Å². The maximum Gasteiger partial charge on any atom is 0.171 e. The van der Waals surface area contributed by atoms with E-state index >= 15 is 0 Å². The van der Waals surface area contributed by atoms with Crippen LogP contribution in [-0.4, -0.2) is 33.4 Å². The average Bonchev–Trinajstić information content (AvgIpc) is 2.69. The Labute approximate surface area is 115 Å². The average molecular weight is 313 g/mol. The Morgan fingerprint density at radius 3 is 2.94 bits per heavy atom. The van der Waals surface area contributed by atoms with Crippen molar-refractivity contribution in [2.24, 2.45) is 0 Å². The molecule has 0 aliphatic carbocycles. The Hall–Kier alpha value is -1.14. The SMILES string of the molecule is CC(C)OC[C@H](C)Nc1ccn2ncc(Br)c2n1. The summed E-state index contributed by atoms with van der Waals surface area (Å²) in [5.74, 6) is 0.823. The van der Waals surface area contributed by atoms with Crippen molar-refractivity contribution in [3.05, 3.63) is 22.9 Å². The maximum atomic E-state index is 5.55. The predicted molar refractivity (Wildman–Crippen MR) is 74.9 cm³/mol. The van der Waals surface area contributed by atoms with Crippen molar-refractivity contribution in [3.63, 3.8) is 0 Å². The van der Waals surface area contributed by atoms with E-state index in [0.29, 0.717) is 6.61 Å². The number of halogens is 1. The number of hydrogen-bond acceptors (Lipinski definition) is 4. The Morgan fingerprint density at radius 2 is 2.22 bits per heavy atom. The lowest BCUT2D eigenvalue weighted by Crippen LogP contribution is -2.24. The Bertz CT molecular complexity index is 526. The number of nitrogens with zero attached hydrogens (tertiary/aromatic N) is 3. The second-order valence-electron chi connectivity index (χ2n) is 4.50. The highest BCUT2D eigenvalue weighted by Crippen LogP contribution is 2.17. The van der Waals surface area contributed by atoms with E-state index in [4.69, 9.17) is 4.74 Å². The zero-order chi connectivity index (χ0) is 13.1. The topological polar surface area (TPSA) is 51.5 Å². The number of ether oxygens (including phenoxy) is 1. The van der Waals surface area contributed by atoms with Gasteiger partial charge in [-0.25, -0.2) is 9.50 Å². The molecule has 0 amide bonds. The number of fused-ring (bicyclic) bond motifs is 1. The largest absolute Gasteiger partial charge is 0.377 e. The maximum absolute atomic E-state index is 5.55. The molecule has 2 heterocycles. The molecule has 0 aromatic carbocycles. The van der Waals surface area contributed by atoms with Crippen LogP contribution in [0.15, 0.2) is 22.9 Å². The zero-order valence-corrected chi connectivity index (χ0v) is 12.3. The molecule has 0 bridgehead atoms. The van der Waals surface area contributed by atoms with Crippen LogP contribution in [0.3, 0.4) is 0 Å². The van der Waals surface area contributed by atoms with Gasteiger partial charge in [-0.15, -0.1) is 0 Å². The third-order valence-corrected chi connectivity index (χ3v) is 2.96. The summed E-state index contributed by atoms with van der Waals surface area (Å²) in [5, 5.41) is 7.46. The van der Waals surface area contributed by atoms with Gasteiger partial charge in [0.15, 0.2) is 5.65 Å². The Kier molecular flexibility index (Phi) is 4.19. The molecule has 0 unspecified atom stereocenters. The first-order chi connectivity index (χ1) is 8.56. The highest BCUT2D eigenvalue weighted by Gasteiger charge is 2.07. The van der Waals surface area contributed by atoms with Crippen LogP contribution in [0.4, 0.5) is 5.82 Å². The van der Waals surface area contributed by atoms with Gasteiger partial charge in [0, 0.05) is 12.2 Å². The van der Waals surface area contributed by atoms with Crippen LogP contribution < -0.4 is 5.32 Å². The normalized spacial score (nSPS) is 13.2. The van der Waals surface area contributed by atoms with Crippen molar-refractivity contribution in [2.45, 2.75) is 32.9 Å². The molecule has 6 heteroatoms. The lowest BCUT2D eigenvalue weighted by Gasteiger charge is -2.16. The lowest BCUT2D eigenvalue weighted by molar-refractivity contribution is 0.0742. The van der Waals surface area contributed by atoms with E-state index in [0.717, 1.165) is 15.9 Å². The van der Waals surface area contributed by atoms with E-state index in [1.54, 1.807) is 10.7 Å². The van der Waals surface area contributed by atoms with Gasteiger partial charge in [0.25, 0.3) is 0 Å². The Balaban J connectivity index is 2.04. The first-order valence-electron chi connectivity index (χ1n) is 5.94. The van der Waals surface area contributed by atoms with Gasteiger partial charge in [-0.2, -0.15) is 5.10 Å². The number of aromatic nitrogens is 3. The third kappa shape index (κ3) is 3.20. The highest BCUT2D eigenvalue weighted by molar-refractivity contribution is 9.10. The van der Waals surface area contributed by atoms with E-state index in [-0.39, 0.29) is 12.1 Å². The van der Waals surface area contributed by atoms with Crippen molar-refractivity contribution >= 4 is 27.4 Å². The summed E-state index contributed by atoms with van der Waals surface area (Å²) in [6, 6.07) is 2.11. The molecule has 0 fully saturated rings. The number of anilines is 1. The monoisotopic (exact) mass is 312 g/mol. The molecule has 0 aliphatic rings. The van der Waals surface area contributed by atoms with Gasteiger partial charge in [0.05, 0.1) is 23.4 Å². The summed E-state index contributed by atoms with van der Waals surface area (Å²) in [5.41, 5.74) is 0.803. The molecular formula is C12H17BrN4O. The van der Waals surface area contributed by atoms with E-state index in [2.05, 4.69) is 38.3 Å². The van der Waals surface area contributed by atoms with Crippen LogP contribution in [0.2, 0.25) is 0 Å². The number of rotatable bonds is 5. The van der Waals surface area contributed by atoms with Crippen LogP contribution in [0.5, 0.6) is 0 Å². The van der Waals surface area contributed by atoms with Crippen LogP contribution in [0.1, 0.15) is 20.8 Å². The summed E-state index contributed by atoms with van der Waals surface area (Å²) in [7, 11) is 0. The fourth-order valence-corrected chi connectivity index (χ4v) is 1.91. The minimum absolute atomic E-state index is 0.212. The molecular weight excluding hydrogens is 296 g/mol. The van der Waals surface area contributed by atoms with Gasteiger partial charge in [-0.05, 0) is 42.8 Å². The minimum atomic E-state index is 0.212. The van der Waals surface area contributed by atoms with Crippen molar-refractivity contribution in [2.75, 3.05) is 11.9 Å². The van der Waals surface area contributed by atoms with Crippen LogP contribution in [-0.2, 0) is 4.74 Å². The van der Waals surface area contributed by atoms with E-state index in [1.165, 1.54) is 0 Å². The molecule has 0 spiro atoms. The smallest absolute Gasteiger partial charge is 0.171 e. The molecule has 5 nitrogen and oxygen atoms in total. The Morgan fingerprint density at radius 1 is 1.44 bits per heavy atom. The van der Waals surface area contributed by atoms with Crippen LogP contribution in [0, 0.1) is 0 Å². The van der Waals surface area contributed by atoms with Gasteiger partial charge in [0.2, 0.25) is 0 Å². The molecule has 0 radical (unpaired) electrons. The van der Waals surface area contributed by atoms with Gasteiger partial charge in [0.1, 0.15) is 5.82 Å². The first-order valence-corrected chi connectivity index (χ1v) is 6.73. The molecule has 2 aromatic rings. The van der Waals surface area contributed by atoms with Gasteiger partial charge < -0.3 is 10.1 Å². The summed E-state index contributed by atoms with van der Waals surface area (Å²) in [6.07, 6.45) is 3.86. The van der Waals surface area contributed by atoms with Gasteiger partial charge in [-0.1, -0.05) is 0 Å². The predicted octanol–water partition coefficient (Wildman–Crippen LogP) is 2.72. The molecule has 98 valence electrons. The minimum Gasteiger partial charge on any atom is -0.377 e. The van der Waals surface area contributed by atoms with Crippen molar-refractivity contribution < 1.29 is 4.74 Å². The molecule has 0 saturated heterocycles. The molecule has 1 N–H and O–H groups in total. The van der Waals surface area contributed by atoms with Gasteiger partial charge >= 0.3 is 0 Å². The number of hydrogen-bond donors (Lipinski definition) is 1. The fraction of sp³-hybridized carbons (Fsp3) is 0.500. The molecule has 0 aliphatic heterocycles. The quantitative estimate of drug-likeness (QED) is 0.922. The van der Waals surface area contributed by atoms with E-state index in [9.17, 15) is 0 Å². The van der Waals surface area contributed by atoms with Crippen LogP contribution in [0.25, 0.3) is 5.65 Å². The van der Waals surface area contributed by atoms with Gasteiger partial charge in [-0.3, -0.25) is 0 Å². The van der Waals surface area contributed by atoms with Crippen molar-refractivity contribution in [1.29, 1.82) is 0 Å². The fourth-order valence-electron chi connectivity index (χ4n) is 1.55. The van der Waals surface area contributed by atoms with E-state index in [1.807, 2.05) is 26.1 Å². The van der Waals surface area contributed by atoms with E-state index < -0.39 is 0 Å². The highest BCUT2D eigenvalue weighted by atomic mass is 79.9. The summed E-state index contributed by atoms with van der Waals surface area (Å²) in [6.45, 7) is 6.78. The van der Waals surface area contributed by atoms with Crippen molar-refractivity contribution in [1.82, 2.24) is 14.6 Å².